The number of rotatable bonds is 3. The molecule has 108 valence electrons. The molecule has 1 saturated heterocycles. The summed E-state index contributed by atoms with van der Waals surface area (Å²) in [6.45, 7) is 4.76. The van der Waals surface area contributed by atoms with E-state index in [-0.39, 0.29) is 12.4 Å². The number of aryl methyl sites for hydroxylation is 1. The quantitative estimate of drug-likeness (QED) is 0.924. The van der Waals surface area contributed by atoms with E-state index < -0.39 is 10.0 Å². The highest BCUT2D eigenvalue weighted by Crippen LogP contribution is 2.21. The second kappa shape index (κ2) is 7.24. The predicted molar refractivity (Wildman–Crippen MR) is 79.3 cm³/mol. The molecule has 1 N–H and O–H groups in total. The number of nitrogens with zero attached hydrogens (tertiary/aromatic N) is 1. The Kier molecular flexibility index (Phi) is 6.26. The molecule has 6 heteroatoms. The number of halogens is 1. The second-order valence-electron chi connectivity index (χ2n) is 4.47. The van der Waals surface area contributed by atoms with Crippen molar-refractivity contribution >= 4 is 22.4 Å². The van der Waals surface area contributed by atoms with Gasteiger partial charge >= 0.3 is 0 Å². The number of benzene rings is 1. The molecular formula is C13H21ClN2O2S. The molecule has 0 radical (unpaired) electrons. The molecule has 0 atom stereocenters. The molecule has 1 aromatic carbocycles. The average Bonchev–Trinajstić information content (AvgIpc) is 2.68. The Morgan fingerprint density at radius 3 is 2.68 bits per heavy atom. The van der Waals surface area contributed by atoms with Crippen molar-refractivity contribution in [3.8, 4) is 0 Å². The van der Waals surface area contributed by atoms with Gasteiger partial charge in [-0.3, -0.25) is 0 Å². The third-order valence-corrected chi connectivity index (χ3v) is 5.27. The summed E-state index contributed by atoms with van der Waals surface area (Å²) >= 11 is 0. The van der Waals surface area contributed by atoms with Crippen LogP contribution in [0, 0.1) is 0 Å². The van der Waals surface area contributed by atoms with E-state index in [0.717, 1.165) is 31.5 Å². The minimum atomic E-state index is -3.33. The zero-order valence-corrected chi connectivity index (χ0v) is 12.8. The lowest BCUT2D eigenvalue weighted by Crippen LogP contribution is -2.34. The van der Waals surface area contributed by atoms with Crippen molar-refractivity contribution in [2.45, 2.75) is 24.7 Å². The van der Waals surface area contributed by atoms with Crippen LogP contribution in [0.5, 0.6) is 0 Å². The summed E-state index contributed by atoms with van der Waals surface area (Å²) in [7, 11) is -3.33. The van der Waals surface area contributed by atoms with Gasteiger partial charge < -0.3 is 5.32 Å². The Bertz CT molecular complexity index is 497. The summed E-state index contributed by atoms with van der Waals surface area (Å²) in [6, 6.07) is 7.29. The van der Waals surface area contributed by atoms with Crippen molar-refractivity contribution < 1.29 is 8.42 Å². The van der Waals surface area contributed by atoms with Gasteiger partial charge in [0, 0.05) is 19.6 Å². The maximum Gasteiger partial charge on any atom is 0.243 e. The van der Waals surface area contributed by atoms with Gasteiger partial charge in [-0.15, -0.1) is 12.4 Å². The SMILES string of the molecule is CCc1ccccc1S(=O)(=O)N1CCCNCC1.Cl. The highest BCUT2D eigenvalue weighted by molar-refractivity contribution is 7.89. The van der Waals surface area contributed by atoms with Gasteiger partial charge in [-0.25, -0.2) is 8.42 Å². The largest absolute Gasteiger partial charge is 0.315 e. The number of nitrogens with one attached hydrogen (secondary N) is 1. The minimum Gasteiger partial charge on any atom is -0.315 e. The third kappa shape index (κ3) is 3.69. The fourth-order valence-electron chi connectivity index (χ4n) is 2.25. The van der Waals surface area contributed by atoms with Crippen molar-refractivity contribution in [1.29, 1.82) is 0 Å². The van der Waals surface area contributed by atoms with Crippen molar-refractivity contribution in [3.05, 3.63) is 29.8 Å². The molecule has 1 aromatic rings. The maximum absolute atomic E-state index is 12.6. The van der Waals surface area contributed by atoms with Crippen LogP contribution in [0.15, 0.2) is 29.2 Å². The lowest BCUT2D eigenvalue weighted by Gasteiger charge is -2.21. The average molecular weight is 305 g/mol. The van der Waals surface area contributed by atoms with Crippen LogP contribution in [0.1, 0.15) is 18.9 Å². The molecule has 0 saturated carbocycles. The zero-order chi connectivity index (χ0) is 13.0. The first kappa shape index (κ1) is 16.4. The van der Waals surface area contributed by atoms with Crippen LogP contribution in [0.4, 0.5) is 0 Å². The van der Waals surface area contributed by atoms with Gasteiger partial charge in [0.1, 0.15) is 0 Å². The fourth-order valence-corrected chi connectivity index (χ4v) is 4.02. The highest BCUT2D eigenvalue weighted by atomic mass is 35.5. The minimum absolute atomic E-state index is 0. The van der Waals surface area contributed by atoms with E-state index in [1.807, 2.05) is 19.1 Å². The van der Waals surface area contributed by atoms with Crippen molar-refractivity contribution in [1.82, 2.24) is 9.62 Å². The summed E-state index contributed by atoms with van der Waals surface area (Å²) in [5, 5.41) is 3.22. The Balaban J connectivity index is 0.00000180. The monoisotopic (exact) mass is 304 g/mol. The van der Waals surface area contributed by atoms with Crippen molar-refractivity contribution in [2.75, 3.05) is 26.2 Å². The Hall–Kier alpha value is -0.620. The summed E-state index contributed by atoms with van der Waals surface area (Å²) < 4.78 is 26.8. The lowest BCUT2D eigenvalue weighted by molar-refractivity contribution is 0.431. The zero-order valence-electron chi connectivity index (χ0n) is 11.1. The fraction of sp³-hybridized carbons (Fsp3) is 0.538. The number of hydrogen-bond acceptors (Lipinski definition) is 3. The molecule has 1 aliphatic rings. The van der Waals surface area contributed by atoms with Crippen molar-refractivity contribution in [3.63, 3.8) is 0 Å². The molecule has 0 aliphatic carbocycles. The van der Waals surface area contributed by atoms with Gasteiger partial charge in [-0.2, -0.15) is 4.31 Å². The molecule has 1 heterocycles. The molecule has 0 amide bonds. The summed E-state index contributed by atoms with van der Waals surface area (Å²) in [6.07, 6.45) is 1.61. The Morgan fingerprint density at radius 1 is 1.21 bits per heavy atom. The number of sulfonamides is 1. The van der Waals surface area contributed by atoms with Crippen LogP contribution in [-0.2, 0) is 16.4 Å². The van der Waals surface area contributed by atoms with E-state index in [1.54, 1.807) is 16.4 Å². The molecule has 19 heavy (non-hydrogen) atoms. The summed E-state index contributed by atoms with van der Waals surface area (Å²) in [4.78, 5) is 0.467. The number of hydrogen-bond donors (Lipinski definition) is 1. The third-order valence-electron chi connectivity index (χ3n) is 3.27. The first-order valence-corrected chi connectivity index (χ1v) is 7.89. The normalized spacial score (nSPS) is 17.5. The van der Waals surface area contributed by atoms with E-state index in [4.69, 9.17) is 0 Å². The molecule has 0 unspecified atom stereocenters. The summed E-state index contributed by atoms with van der Waals surface area (Å²) in [5.74, 6) is 0. The van der Waals surface area contributed by atoms with Crippen molar-refractivity contribution in [2.24, 2.45) is 0 Å². The van der Waals surface area contributed by atoms with Crippen LogP contribution in [0.2, 0.25) is 0 Å². The summed E-state index contributed by atoms with van der Waals surface area (Å²) in [5.41, 5.74) is 0.898. The Morgan fingerprint density at radius 2 is 1.95 bits per heavy atom. The smallest absolute Gasteiger partial charge is 0.243 e. The van der Waals surface area contributed by atoms with Crippen LogP contribution >= 0.6 is 12.4 Å². The van der Waals surface area contributed by atoms with Crippen LogP contribution in [0.3, 0.4) is 0 Å². The molecule has 4 nitrogen and oxygen atoms in total. The van der Waals surface area contributed by atoms with Crippen LogP contribution in [0.25, 0.3) is 0 Å². The van der Waals surface area contributed by atoms with E-state index in [1.165, 1.54) is 0 Å². The molecule has 1 fully saturated rings. The lowest BCUT2D eigenvalue weighted by atomic mass is 10.2. The van der Waals surface area contributed by atoms with Crippen LogP contribution in [-0.4, -0.2) is 38.9 Å². The van der Waals surface area contributed by atoms with E-state index in [9.17, 15) is 8.42 Å². The Labute approximate surface area is 121 Å². The van der Waals surface area contributed by atoms with Gasteiger partial charge in [-0.1, -0.05) is 25.1 Å². The molecular weight excluding hydrogens is 284 g/mol. The van der Waals surface area contributed by atoms with Gasteiger partial charge in [0.2, 0.25) is 10.0 Å². The maximum atomic E-state index is 12.6. The van der Waals surface area contributed by atoms with Gasteiger partial charge in [0.05, 0.1) is 4.90 Å². The second-order valence-corrected chi connectivity index (χ2v) is 6.38. The van der Waals surface area contributed by atoms with E-state index in [2.05, 4.69) is 5.32 Å². The molecule has 0 spiro atoms. The molecule has 0 bridgehead atoms. The molecule has 1 aliphatic heterocycles. The van der Waals surface area contributed by atoms with Crippen LogP contribution < -0.4 is 5.32 Å². The highest BCUT2D eigenvalue weighted by Gasteiger charge is 2.26. The van der Waals surface area contributed by atoms with Gasteiger partial charge in [0.15, 0.2) is 0 Å². The first-order valence-electron chi connectivity index (χ1n) is 6.45. The first-order chi connectivity index (χ1) is 8.66. The standard InChI is InChI=1S/C13H20N2O2S.ClH/c1-2-12-6-3-4-7-13(12)18(16,17)15-10-5-8-14-9-11-15;/h3-4,6-7,14H,2,5,8-11H2,1H3;1H. The molecule has 0 aromatic heterocycles. The van der Waals surface area contributed by atoms with E-state index >= 15 is 0 Å². The van der Waals surface area contributed by atoms with Gasteiger partial charge in [-0.05, 0) is 31.0 Å². The topological polar surface area (TPSA) is 49.4 Å². The van der Waals surface area contributed by atoms with E-state index in [0.29, 0.717) is 18.0 Å². The van der Waals surface area contributed by atoms with Gasteiger partial charge in [0.25, 0.3) is 0 Å². The molecule has 2 rings (SSSR count). The predicted octanol–water partition coefficient (Wildman–Crippen LogP) is 1.65.